The standard InChI is InChI=1S/C12H10F3NO/c13-12(14,15)7-2-3-9-8(6-7)11(4-1-5-11)10(17)16-9/h2-3,6H,1,4-5H2,(H,16,17). The molecule has 0 bridgehead atoms. The van der Waals surface area contributed by atoms with Crippen LogP contribution in [0, 0.1) is 0 Å². The Kier molecular flexibility index (Phi) is 1.89. The van der Waals surface area contributed by atoms with Gasteiger partial charge in [-0.15, -0.1) is 0 Å². The molecule has 5 heteroatoms. The van der Waals surface area contributed by atoms with Gasteiger partial charge in [0.15, 0.2) is 0 Å². The molecule has 1 aromatic rings. The quantitative estimate of drug-likeness (QED) is 0.743. The molecule has 1 N–H and O–H groups in total. The summed E-state index contributed by atoms with van der Waals surface area (Å²) in [4.78, 5) is 11.8. The molecular weight excluding hydrogens is 231 g/mol. The SMILES string of the molecule is O=C1Nc2ccc(C(F)(F)F)cc2C12CCC2. The number of halogens is 3. The number of carbonyl (C=O) groups excluding carboxylic acids is 1. The van der Waals surface area contributed by atoms with E-state index < -0.39 is 17.2 Å². The summed E-state index contributed by atoms with van der Waals surface area (Å²) < 4.78 is 37.9. The van der Waals surface area contributed by atoms with Crippen LogP contribution in [-0.4, -0.2) is 5.91 Å². The van der Waals surface area contributed by atoms with Gasteiger partial charge in [-0.1, -0.05) is 6.42 Å². The van der Waals surface area contributed by atoms with E-state index in [1.807, 2.05) is 0 Å². The Bertz CT molecular complexity index is 503. The van der Waals surface area contributed by atoms with Crippen molar-refractivity contribution in [1.29, 1.82) is 0 Å². The van der Waals surface area contributed by atoms with Crippen molar-refractivity contribution in [3.8, 4) is 0 Å². The van der Waals surface area contributed by atoms with E-state index in [0.717, 1.165) is 18.6 Å². The second-order valence-corrected chi connectivity index (χ2v) is 4.65. The fourth-order valence-corrected chi connectivity index (χ4v) is 2.62. The molecule has 1 aromatic carbocycles. The van der Waals surface area contributed by atoms with Crippen LogP contribution in [0.2, 0.25) is 0 Å². The van der Waals surface area contributed by atoms with Crippen LogP contribution in [0.5, 0.6) is 0 Å². The Hall–Kier alpha value is -1.52. The molecule has 3 rings (SSSR count). The maximum Gasteiger partial charge on any atom is 0.416 e. The van der Waals surface area contributed by atoms with Crippen molar-refractivity contribution in [3.63, 3.8) is 0 Å². The lowest BCUT2D eigenvalue weighted by atomic mass is 9.65. The van der Waals surface area contributed by atoms with E-state index in [2.05, 4.69) is 5.32 Å². The lowest BCUT2D eigenvalue weighted by Crippen LogP contribution is -2.40. The summed E-state index contributed by atoms with van der Waals surface area (Å²) in [6, 6.07) is 3.48. The van der Waals surface area contributed by atoms with Crippen LogP contribution in [0.15, 0.2) is 18.2 Å². The van der Waals surface area contributed by atoms with Crippen molar-refractivity contribution in [2.45, 2.75) is 30.9 Å². The molecule has 1 amide bonds. The largest absolute Gasteiger partial charge is 0.416 e. The lowest BCUT2D eigenvalue weighted by molar-refractivity contribution is -0.137. The molecule has 0 unspecified atom stereocenters. The normalized spacial score (nSPS) is 21.0. The fourth-order valence-electron chi connectivity index (χ4n) is 2.62. The number of amides is 1. The Morgan fingerprint density at radius 3 is 2.47 bits per heavy atom. The number of alkyl halides is 3. The lowest BCUT2D eigenvalue weighted by Gasteiger charge is -2.36. The van der Waals surface area contributed by atoms with Gasteiger partial charge in [0.1, 0.15) is 0 Å². The third kappa shape index (κ3) is 1.31. The van der Waals surface area contributed by atoms with Gasteiger partial charge >= 0.3 is 6.18 Å². The molecule has 2 aliphatic rings. The number of hydrogen-bond acceptors (Lipinski definition) is 1. The summed E-state index contributed by atoms with van der Waals surface area (Å²) in [7, 11) is 0. The van der Waals surface area contributed by atoms with Gasteiger partial charge in [-0.3, -0.25) is 4.79 Å². The predicted molar refractivity (Wildman–Crippen MR) is 55.6 cm³/mol. The molecule has 0 saturated heterocycles. The topological polar surface area (TPSA) is 29.1 Å². The number of fused-ring (bicyclic) bond motifs is 2. The minimum Gasteiger partial charge on any atom is -0.325 e. The molecule has 0 aromatic heterocycles. The van der Waals surface area contributed by atoms with E-state index in [4.69, 9.17) is 0 Å². The number of rotatable bonds is 0. The first-order valence-corrected chi connectivity index (χ1v) is 5.47. The van der Waals surface area contributed by atoms with Crippen LogP contribution in [0.3, 0.4) is 0 Å². The van der Waals surface area contributed by atoms with Crippen molar-refractivity contribution in [2.75, 3.05) is 5.32 Å². The minimum atomic E-state index is -4.36. The summed E-state index contributed by atoms with van der Waals surface area (Å²) in [6.07, 6.45) is -2.17. The second-order valence-electron chi connectivity index (χ2n) is 4.65. The summed E-state index contributed by atoms with van der Waals surface area (Å²) in [5, 5.41) is 2.66. The van der Waals surface area contributed by atoms with Gasteiger partial charge in [0, 0.05) is 5.69 Å². The van der Waals surface area contributed by atoms with Gasteiger partial charge in [0.2, 0.25) is 5.91 Å². The first-order valence-electron chi connectivity index (χ1n) is 5.47. The predicted octanol–water partition coefficient (Wildman–Crippen LogP) is 3.08. The highest BCUT2D eigenvalue weighted by Crippen LogP contribution is 2.51. The van der Waals surface area contributed by atoms with Gasteiger partial charge in [0.05, 0.1) is 11.0 Å². The molecule has 0 atom stereocenters. The molecule has 1 heterocycles. The van der Waals surface area contributed by atoms with E-state index >= 15 is 0 Å². The van der Waals surface area contributed by atoms with Gasteiger partial charge in [0.25, 0.3) is 0 Å². The number of anilines is 1. The van der Waals surface area contributed by atoms with Gasteiger partial charge < -0.3 is 5.32 Å². The molecule has 1 aliphatic carbocycles. The van der Waals surface area contributed by atoms with Crippen molar-refractivity contribution in [3.05, 3.63) is 29.3 Å². The van der Waals surface area contributed by atoms with Gasteiger partial charge in [-0.25, -0.2) is 0 Å². The molecule has 1 saturated carbocycles. The van der Waals surface area contributed by atoms with Gasteiger partial charge in [-0.2, -0.15) is 13.2 Å². The van der Waals surface area contributed by atoms with Gasteiger partial charge in [-0.05, 0) is 36.6 Å². The van der Waals surface area contributed by atoms with Crippen LogP contribution in [0.25, 0.3) is 0 Å². The Labute approximate surface area is 95.8 Å². The van der Waals surface area contributed by atoms with E-state index in [9.17, 15) is 18.0 Å². The van der Waals surface area contributed by atoms with Crippen molar-refractivity contribution in [1.82, 2.24) is 0 Å². The molecule has 17 heavy (non-hydrogen) atoms. The van der Waals surface area contributed by atoms with E-state index in [1.54, 1.807) is 0 Å². The smallest absolute Gasteiger partial charge is 0.325 e. The third-order valence-electron chi connectivity index (χ3n) is 3.75. The molecule has 1 spiro atoms. The van der Waals surface area contributed by atoms with Crippen molar-refractivity contribution >= 4 is 11.6 Å². The number of carbonyl (C=O) groups is 1. The zero-order valence-electron chi connectivity index (χ0n) is 8.90. The maximum atomic E-state index is 12.6. The maximum absolute atomic E-state index is 12.6. The minimum absolute atomic E-state index is 0.155. The summed E-state index contributed by atoms with van der Waals surface area (Å²) in [5.74, 6) is -0.155. The van der Waals surface area contributed by atoms with Crippen molar-refractivity contribution in [2.24, 2.45) is 0 Å². The number of hydrogen-bond donors (Lipinski definition) is 1. The monoisotopic (exact) mass is 241 g/mol. The summed E-state index contributed by atoms with van der Waals surface area (Å²) in [5.41, 5.74) is -0.318. The highest BCUT2D eigenvalue weighted by atomic mass is 19.4. The van der Waals surface area contributed by atoms with Crippen LogP contribution < -0.4 is 5.32 Å². The van der Waals surface area contributed by atoms with Crippen LogP contribution >= 0.6 is 0 Å². The number of nitrogens with one attached hydrogen (secondary N) is 1. The average Bonchev–Trinajstić information content (AvgIpc) is 2.46. The molecule has 2 nitrogen and oxygen atoms in total. The van der Waals surface area contributed by atoms with E-state index in [-0.39, 0.29) is 5.91 Å². The van der Waals surface area contributed by atoms with E-state index in [1.165, 1.54) is 6.07 Å². The fraction of sp³-hybridized carbons (Fsp3) is 0.417. The molecule has 0 radical (unpaired) electrons. The van der Waals surface area contributed by atoms with Crippen LogP contribution in [0.4, 0.5) is 18.9 Å². The summed E-state index contributed by atoms with van der Waals surface area (Å²) in [6.45, 7) is 0. The first-order chi connectivity index (χ1) is 7.93. The summed E-state index contributed by atoms with van der Waals surface area (Å²) >= 11 is 0. The molecular formula is C12H10F3NO. The molecule has 90 valence electrons. The van der Waals surface area contributed by atoms with Crippen LogP contribution in [-0.2, 0) is 16.4 Å². The molecule has 1 fully saturated rings. The zero-order valence-corrected chi connectivity index (χ0v) is 8.90. The highest BCUT2D eigenvalue weighted by Gasteiger charge is 2.51. The highest BCUT2D eigenvalue weighted by molar-refractivity contribution is 6.06. The third-order valence-corrected chi connectivity index (χ3v) is 3.75. The second kappa shape index (κ2) is 3.03. The number of benzene rings is 1. The first kappa shape index (κ1) is 10.6. The van der Waals surface area contributed by atoms with Crippen LogP contribution in [0.1, 0.15) is 30.4 Å². The van der Waals surface area contributed by atoms with Crippen molar-refractivity contribution < 1.29 is 18.0 Å². The molecule has 1 aliphatic heterocycles. The average molecular weight is 241 g/mol. The Balaban J connectivity index is 2.13. The van der Waals surface area contributed by atoms with E-state index in [0.29, 0.717) is 24.1 Å². The Morgan fingerprint density at radius 1 is 1.24 bits per heavy atom. The Morgan fingerprint density at radius 2 is 1.94 bits per heavy atom. The zero-order chi connectivity index (χ0) is 12.3.